The lowest BCUT2D eigenvalue weighted by atomic mass is 10.1. The molecule has 0 amide bonds. The van der Waals surface area contributed by atoms with Gasteiger partial charge in [-0.2, -0.15) is 5.10 Å². The SMILES string of the molecule is CCc1nn(C)c(CC(=O)c2ccc(Cl)cc2Cl)c1Br. The predicted octanol–water partition coefficient (Wildman–Crippen LogP) is 4.48. The fraction of sp³-hybridized carbons (Fsp3) is 0.286. The molecule has 0 unspecified atom stereocenters. The summed E-state index contributed by atoms with van der Waals surface area (Å²) in [5.74, 6) is -0.0574. The van der Waals surface area contributed by atoms with Crippen LogP contribution in [0, 0.1) is 0 Å². The normalized spacial score (nSPS) is 10.8. The van der Waals surface area contributed by atoms with Crippen molar-refractivity contribution in [2.75, 3.05) is 0 Å². The van der Waals surface area contributed by atoms with Gasteiger partial charge in [-0.3, -0.25) is 9.48 Å². The maximum Gasteiger partial charge on any atom is 0.170 e. The number of carbonyl (C=O) groups excluding carboxylic acids is 1. The second-order valence-corrected chi connectivity index (χ2v) is 6.05. The minimum Gasteiger partial charge on any atom is -0.294 e. The zero-order valence-corrected chi connectivity index (χ0v) is 14.2. The first-order chi connectivity index (χ1) is 9.43. The van der Waals surface area contributed by atoms with Crippen LogP contribution >= 0.6 is 39.1 Å². The van der Waals surface area contributed by atoms with Gasteiger partial charge in [0, 0.05) is 17.6 Å². The van der Waals surface area contributed by atoms with Crippen LogP contribution in [0.4, 0.5) is 0 Å². The highest BCUT2D eigenvalue weighted by Gasteiger charge is 2.18. The van der Waals surface area contributed by atoms with E-state index in [2.05, 4.69) is 21.0 Å². The number of benzene rings is 1. The maximum atomic E-state index is 12.4. The van der Waals surface area contributed by atoms with Gasteiger partial charge in [-0.05, 0) is 40.5 Å². The Kier molecular flexibility index (Phi) is 4.89. The zero-order valence-electron chi connectivity index (χ0n) is 11.1. The molecular formula is C14H13BrCl2N2O. The van der Waals surface area contributed by atoms with Crippen LogP contribution in [0.25, 0.3) is 0 Å². The van der Waals surface area contributed by atoms with E-state index < -0.39 is 0 Å². The van der Waals surface area contributed by atoms with Crippen LogP contribution in [0.5, 0.6) is 0 Å². The third-order valence-corrected chi connectivity index (χ3v) is 4.53. The summed E-state index contributed by atoms with van der Waals surface area (Å²) < 4.78 is 2.62. The molecule has 0 spiro atoms. The Morgan fingerprint density at radius 1 is 1.40 bits per heavy atom. The van der Waals surface area contributed by atoms with Crippen molar-refractivity contribution in [1.82, 2.24) is 9.78 Å². The summed E-state index contributed by atoms with van der Waals surface area (Å²) in [6, 6.07) is 4.89. The molecule has 106 valence electrons. The van der Waals surface area contributed by atoms with E-state index >= 15 is 0 Å². The van der Waals surface area contributed by atoms with Crippen LogP contribution in [0.1, 0.15) is 28.7 Å². The van der Waals surface area contributed by atoms with Crippen LogP contribution in [-0.4, -0.2) is 15.6 Å². The molecule has 0 saturated heterocycles. The van der Waals surface area contributed by atoms with E-state index in [9.17, 15) is 4.79 Å². The van der Waals surface area contributed by atoms with Crippen molar-refractivity contribution in [2.45, 2.75) is 19.8 Å². The van der Waals surface area contributed by atoms with Crippen LogP contribution in [-0.2, 0) is 19.9 Å². The van der Waals surface area contributed by atoms with E-state index in [4.69, 9.17) is 23.2 Å². The summed E-state index contributed by atoms with van der Waals surface area (Å²) in [6.45, 7) is 2.02. The van der Waals surface area contributed by atoms with Gasteiger partial charge in [-0.15, -0.1) is 0 Å². The molecule has 1 aromatic carbocycles. The smallest absolute Gasteiger partial charge is 0.170 e. The summed E-state index contributed by atoms with van der Waals surface area (Å²) in [7, 11) is 1.83. The van der Waals surface area contributed by atoms with E-state index in [0.29, 0.717) is 15.6 Å². The number of carbonyl (C=O) groups is 1. The summed E-state index contributed by atoms with van der Waals surface area (Å²) in [4.78, 5) is 12.4. The molecule has 20 heavy (non-hydrogen) atoms. The van der Waals surface area contributed by atoms with E-state index in [1.165, 1.54) is 0 Å². The number of Topliss-reactive ketones (excluding diaryl/α,β-unsaturated/α-hetero) is 1. The van der Waals surface area contributed by atoms with Gasteiger partial charge in [-0.1, -0.05) is 30.1 Å². The van der Waals surface area contributed by atoms with E-state index in [1.807, 2.05) is 14.0 Å². The molecule has 0 N–H and O–H groups in total. The molecule has 2 aromatic rings. The van der Waals surface area contributed by atoms with Crippen molar-refractivity contribution in [1.29, 1.82) is 0 Å². The van der Waals surface area contributed by atoms with E-state index in [-0.39, 0.29) is 12.2 Å². The van der Waals surface area contributed by atoms with Gasteiger partial charge >= 0.3 is 0 Å². The van der Waals surface area contributed by atoms with Crippen molar-refractivity contribution >= 4 is 44.9 Å². The Labute approximate surface area is 136 Å². The topological polar surface area (TPSA) is 34.9 Å². The zero-order chi connectivity index (χ0) is 14.9. The van der Waals surface area contributed by atoms with Gasteiger partial charge in [0.2, 0.25) is 0 Å². The highest BCUT2D eigenvalue weighted by atomic mass is 79.9. The van der Waals surface area contributed by atoms with Gasteiger partial charge in [0.05, 0.1) is 27.3 Å². The quantitative estimate of drug-likeness (QED) is 0.738. The van der Waals surface area contributed by atoms with Crippen molar-refractivity contribution in [3.63, 3.8) is 0 Å². The average molecular weight is 376 g/mol. The molecule has 0 aliphatic heterocycles. The molecule has 0 aliphatic carbocycles. The number of rotatable bonds is 4. The summed E-state index contributed by atoms with van der Waals surface area (Å²) >= 11 is 15.4. The molecule has 6 heteroatoms. The van der Waals surface area contributed by atoms with E-state index in [1.54, 1.807) is 22.9 Å². The van der Waals surface area contributed by atoms with E-state index in [0.717, 1.165) is 22.3 Å². The molecule has 1 aromatic heterocycles. The average Bonchev–Trinajstić information content (AvgIpc) is 2.66. The third kappa shape index (κ3) is 3.08. The minimum absolute atomic E-state index is 0.0574. The Balaban J connectivity index is 2.30. The van der Waals surface area contributed by atoms with Gasteiger partial charge in [0.25, 0.3) is 0 Å². The van der Waals surface area contributed by atoms with Gasteiger partial charge in [0.1, 0.15) is 0 Å². The lowest BCUT2D eigenvalue weighted by Gasteiger charge is -2.05. The molecule has 0 radical (unpaired) electrons. The monoisotopic (exact) mass is 374 g/mol. The number of aromatic nitrogens is 2. The van der Waals surface area contributed by atoms with Gasteiger partial charge in [0.15, 0.2) is 5.78 Å². The lowest BCUT2D eigenvalue weighted by molar-refractivity contribution is 0.0990. The molecule has 3 nitrogen and oxygen atoms in total. The fourth-order valence-electron chi connectivity index (χ4n) is 1.97. The minimum atomic E-state index is -0.0574. The number of ketones is 1. The van der Waals surface area contributed by atoms with Crippen LogP contribution in [0.3, 0.4) is 0 Å². The van der Waals surface area contributed by atoms with Gasteiger partial charge < -0.3 is 0 Å². The Hall–Kier alpha value is -0.840. The number of aryl methyl sites for hydroxylation is 2. The lowest BCUT2D eigenvalue weighted by Crippen LogP contribution is -2.09. The van der Waals surface area contributed by atoms with Crippen LogP contribution < -0.4 is 0 Å². The first-order valence-electron chi connectivity index (χ1n) is 6.12. The molecule has 0 fully saturated rings. The van der Waals surface area contributed by atoms with Gasteiger partial charge in [-0.25, -0.2) is 0 Å². The van der Waals surface area contributed by atoms with Crippen LogP contribution in [0.15, 0.2) is 22.7 Å². The Morgan fingerprint density at radius 2 is 2.10 bits per heavy atom. The molecule has 1 heterocycles. The summed E-state index contributed by atoms with van der Waals surface area (Å²) in [5.41, 5.74) is 2.26. The largest absolute Gasteiger partial charge is 0.294 e. The fourth-order valence-corrected chi connectivity index (χ4v) is 3.25. The standard InChI is InChI=1S/C14H13BrCl2N2O/c1-3-11-14(15)12(19(2)18-11)7-13(20)9-5-4-8(16)6-10(9)17/h4-6H,3,7H2,1-2H3. The van der Waals surface area contributed by atoms with Crippen molar-refractivity contribution in [2.24, 2.45) is 7.05 Å². The van der Waals surface area contributed by atoms with Crippen molar-refractivity contribution < 1.29 is 4.79 Å². The van der Waals surface area contributed by atoms with Crippen molar-refractivity contribution in [3.05, 3.63) is 49.7 Å². The Bertz CT molecular complexity index is 667. The Morgan fingerprint density at radius 3 is 2.65 bits per heavy atom. The molecule has 2 rings (SSSR count). The molecule has 0 aliphatic rings. The first-order valence-corrected chi connectivity index (χ1v) is 7.67. The maximum absolute atomic E-state index is 12.4. The first kappa shape index (κ1) is 15.5. The van der Waals surface area contributed by atoms with Crippen LogP contribution in [0.2, 0.25) is 10.0 Å². The second kappa shape index (κ2) is 6.29. The second-order valence-electron chi connectivity index (χ2n) is 4.41. The summed E-state index contributed by atoms with van der Waals surface area (Å²) in [5, 5.41) is 5.26. The third-order valence-electron chi connectivity index (χ3n) is 3.06. The number of hydrogen-bond donors (Lipinski definition) is 0. The predicted molar refractivity (Wildman–Crippen MR) is 84.8 cm³/mol. The number of halogens is 3. The molecule has 0 saturated carbocycles. The summed E-state index contributed by atoms with van der Waals surface area (Å²) in [6.07, 6.45) is 1.05. The number of hydrogen-bond acceptors (Lipinski definition) is 2. The highest BCUT2D eigenvalue weighted by Crippen LogP contribution is 2.26. The molecular weight excluding hydrogens is 363 g/mol. The number of nitrogens with zero attached hydrogens (tertiary/aromatic N) is 2. The molecule has 0 atom stereocenters. The van der Waals surface area contributed by atoms with Crippen molar-refractivity contribution in [3.8, 4) is 0 Å². The molecule has 0 bridgehead atoms. The highest BCUT2D eigenvalue weighted by molar-refractivity contribution is 9.10.